The number of carbonyl (C=O) groups is 1. The Morgan fingerprint density at radius 1 is 1.65 bits per heavy atom. The molecule has 0 aromatic heterocycles. The van der Waals surface area contributed by atoms with Crippen molar-refractivity contribution in [1.82, 2.24) is 0 Å². The van der Waals surface area contributed by atoms with Gasteiger partial charge in [-0.15, -0.1) is 0 Å². The molecule has 0 spiro atoms. The fraction of sp³-hybridized carbons (Fsp3) is 0.333. The van der Waals surface area contributed by atoms with Crippen molar-refractivity contribution >= 4 is 23.3 Å². The van der Waals surface area contributed by atoms with E-state index in [9.17, 15) is 4.79 Å². The number of nitriles is 1. The molecule has 0 aliphatic heterocycles. The topological polar surface area (TPSA) is 73.1 Å². The molecular weight excluding hydrogens is 240 g/mol. The van der Waals surface area contributed by atoms with Gasteiger partial charge in [0.25, 0.3) is 0 Å². The van der Waals surface area contributed by atoms with E-state index in [-0.39, 0.29) is 12.3 Å². The van der Waals surface area contributed by atoms with Crippen LogP contribution in [0.25, 0.3) is 0 Å². The van der Waals surface area contributed by atoms with Crippen molar-refractivity contribution in [3.63, 3.8) is 0 Å². The molecule has 0 aliphatic carbocycles. The summed E-state index contributed by atoms with van der Waals surface area (Å²) in [4.78, 5) is 10.5. The third-order valence-electron chi connectivity index (χ3n) is 2.26. The number of carboxylic acids is 1. The predicted octanol–water partition coefficient (Wildman–Crippen LogP) is 2.73. The first-order valence-corrected chi connectivity index (χ1v) is 5.56. The number of anilines is 1. The van der Waals surface area contributed by atoms with Crippen LogP contribution < -0.4 is 5.32 Å². The van der Waals surface area contributed by atoms with E-state index in [0.717, 1.165) is 0 Å². The van der Waals surface area contributed by atoms with Gasteiger partial charge < -0.3 is 10.4 Å². The van der Waals surface area contributed by atoms with Gasteiger partial charge in [-0.05, 0) is 24.1 Å². The monoisotopic (exact) mass is 252 g/mol. The highest BCUT2D eigenvalue weighted by Crippen LogP contribution is 2.23. The predicted molar refractivity (Wildman–Crippen MR) is 66.1 cm³/mol. The minimum Gasteiger partial charge on any atom is -0.481 e. The van der Waals surface area contributed by atoms with Gasteiger partial charge in [-0.25, -0.2) is 0 Å². The molecule has 1 atom stereocenters. The van der Waals surface area contributed by atoms with Crippen LogP contribution in [-0.2, 0) is 4.79 Å². The summed E-state index contributed by atoms with van der Waals surface area (Å²) in [6.07, 6.45) is 0.112. The summed E-state index contributed by atoms with van der Waals surface area (Å²) in [5.74, 6) is -0.801. The zero-order valence-corrected chi connectivity index (χ0v) is 10.2. The van der Waals surface area contributed by atoms with Crippen LogP contribution in [-0.4, -0.2) is 17.6 Å². The maximum atomic E-state index is 10.5. The SMILES string of the molecule is CC(CNc1ccc(C#N)cc1Cl)CC(=O)O. The smallest absolute Gasteiger partial charge is 0.303 e. The highest BCUT2D eigenvalue weighted by atomic mass is 35.5. The van der Waals surface area contributed by atoms with E-state index in [1.807, 2.05) is 13.0 Å². The van der Waals surface area contributed by atoms with Gasteiger partial charge in [0.2, 0.25) is 0 Å². The van der Waals surface area contributed by atoms with Crippen LogP contribution in [0.1, 0.15) is 18.9 Å². The van der Waals surface area contributed by atoms with E-state index in [0.29, 0.717) is 22.8 Å². The van der Waals surface area contributed by atoms with Crippen LogP contribution in [0.15, 0.2) is 18.2 Å². The molecule has 1 aromatic rings. The Hall–Kier alpha value is -1.73. The van der Waals surface area contributed by atoms with Gasteiger partial charge in [0.1, 0.15) is 0 Å². The van der Waals surface area contributed by atoms with Gasteiger partial charge in [0.15, 0.2) is 0 Å². The van der Waals surface area contributed by atoms with Gasteiger partial charge in [0, 0.05) is 13.0 Å². The lowest BCUT2D eigenvalue weighted by atomic mass is 10.1. The highest BCUT2D eigenvalue weighted by Gasteiger charge is 2.08. The Labute approximate surface area is 105 Å². The fourth-order valence-electron chi connectivity index (χ4n) is 1.38. The maximum Gasteiger partial charge on any atom is 0.303 e. The molecule has 4 nitrogen and oxygen atoms in total. The summed E-state index contributed by atoms with van der Waals surface area (Å²) in [5, 5.41) is 20.8. The quantitative estimate of drug-likeness (QED) is 0.845. The molecular formula is C12H13ClN2O2. The van der Waals surface area contributed by atoms with Crippen LogP contribution >= 0.6 is 11.6 Å². The molecule has 90 valence electrons. The van der Waals surface area contributed by atoms with Gasteiger partial charge in [0.05, 0.1) is 22.3 Å². The molecule has 0 fully saturated rings. The summed E-state index contributed by atoms with van der Waals surface area (Å²) in [5.41, 5.74) is 1.21. The summed E-state index contributed by atoms with van der Waals surface area (Å²) < 4.78 is 0. The van der Waals surface area contributed by atoms with E-state index < -0.39 is 5.97 Å². The first kappa shape index (κ1) is 13.3. The van der Waals surface area contributed by atoms with Crippen molar-refractivity contribution in [2.24, 2.45) is 5.92 Å². The number of nitrogens with one attached hydrogen (secondary N) is 1. The molecule has 0 aliphatic rings. The summed E-state index contributed by atoms with van der Waals surface area (Å²) in [7, 11) is 0. The Balaban J connectivity index is 2.58. The Morgan fingerprint density at radius 2 is 2.35 bits per heavy atom. The standard InChI is InChI=1S/C12H13ClN2O2/c1-8(4-12(16)17)7-15-11-3-2-9(6-14)5-10(11)13/h2-3,5,8,15H,4,7H2,1H3,(H,16,17). The van der Waals surface area contributed by atoms with Crippen molar-refractivity contribution in [2.75, 3.05) is 11.9 Å². The minimum atomic E-state index is -0.815. The molecule has 1 rings (SSSR count). The summed E-state index contributed by atoms with van der Waals surface area (Å²) >= 11 is 5.97. The fourth-order valence-corrected chi connectivity index (χ4v) is 1.63. The normalized spacial score (nSPS) is 11.6. The van der Waals surface area contributed by atoms with Gasteiger partial charge in [-0.2, -0.15) is 5.26 Å². The number of halogens is 1. The number of hydrogen-bond donors (Lipinski definition) is 2. The van der Waals surface area contributed by atoms with Gasteiger partial charge >= 0.3 is 5.97 Å². The first-order valence-electron chi connectivity index (χ1n) is 5.18. The first-order chi connectivity index (χ1) is 8.02. The van der Waals surface area contributed by atoms with E-state index >= 15 is 0 Å². The van der Waals surface area contributed by atoms with Crippen LogP contribution in [0.3, 0.4) is 0 Å². The molecule has 0 bridgehead atoms. The molecule has 0 heterocycles. The van der Waals surface area contributed by atoms with Crippen molar-refractivity contribution in [2.45, 2.75) is 13.3 Å². The molecule has 0 saturated carbocycles. The minimum absolute atomic E-state index is 0.0132. The maximum absolute atomic E-state index is 10.5. The number of hydrogen-bond acceptors (Lipinski definition) is 3. The molecule has 17 heavy (non-hydrogen) atoms. The molecule has 1 unspecified atom stereocenters. The lowest BCUT2D eigenvalue weighted by Gasteiger charge is -2.12. The van der Waals surface area contributed by atoms with Crippen molar-refractivity contribution in [3.05, 3.63) is 28.8 Å². The van der Waals surface area contributed by atoms with Crippen molar-refractivity contribution in [3.8, 4) is 6.07 Å². The molecule has 0 amide bonds. The van der Waals surface area contributed by atoms with Crippen LogP contribution in [0.4, 0.5) is 5.69 Å². The molecule has 0 saturated heterocycles. The zero-order chi connectivity index (χ0) is 12.8. The highest BCUT2D eigenvalue weighted by molar-refractivity contribution is 6.33. The van der Waals surface area contributed by atoms with E-state index in [1.54, 1.807) is 18.2 Å². The number of rotatable bonds is 5. The van der Waals surface area contributed by atoms with Crippen LogP contribution in [0.2, 0.25) is 5.02 Å². The number of carboxylic acid groups (broad SMARTS) is 1. The third-order valence-corrected chi connectivity index (χ3v) is 2.57. The van der Waals surface area contributed by atoms with E-state index in [2.05, 4.69) is 5.32 Å². The number of nitrogens with zero attached hydrogens (tertiary/aromatic N) is 1. The van der Waals surface area contributed by atoms with Crippen LogP contribution in [0, 0.1) is 17.2 Å². The number of benzene rings is 1. The molecule has 5 heteroatoms. The largest absolute Gasteiger partial charge is 0.481 e. The van der Waals surface area contributed by atoms with Gasteiger partial charge in [-0.3, -0.25) is 4.79 Å². The molecule has 1 aromatic carbocycles. The second kappa shape index (κ2) is 6.12. The summed E-state index contributed by atoms with van der Waals surface area (Å²) in [6.45, 7) is 2.37. The number of aliphatic carboxylic acids is 1. The van der Waals surface area contributed by atoms with Crippen LogP contribution in [0.5, 0.6) is 0 Å². The van der Waals surface area contributed by atoms with E-state index in [1.165, 1.54) is 0 Å². The second-order valence-corrected chi connectivity index (χ2v) is 4.30. The summed E-state index contributed by atoms with van der Waals surface area (Å²) in [6, 6.07) is 6.95. The lowest BCUT2D eigenvalue weighted by molar-refractivity contribution is -0.137. The Bertz CT molecular complexity index is 454. The van der Waals surface area contributed by atoms with Gasteiger partial charge in [-0.1, -0.05) is 18.5 Å². The Kier molecular flexibility index (Phi) is 4.80. The van der Waals surface area contributed by atoms with E-state index in [4.69, 9.17) is 22.0 Å². The zero-order valence-electron chi connectivity index (χ0n) is 9.40. The molecule has 0 radical (unpaired) electrons. The molecule has 2 N–H and O–H groups in total. The lowest BCUT2D eigenvalue weighted by Crippen LogP contribution is -2.15. The third kappa shape index (κ3) is 4.33. The average Bonchev–Trinajstić information content (AvgIpc) is 2.26. The Morgan fingerprint density at radius 3 is 2.88 bits per heavy atom. The van der Waals surface area contributed by atoms with Crippen molar-refractivity contribution in [1.29, 1.82) is 5.26 Å². The average molecular weight is 253 g/mol. The van der Waals surface area contributed by atoms with Crippen molar-refractivity contribution < 1.29 is 9.90 Å². The second-order valence-electron chi connectivity index (χ2n) is 3.89.